The van der Waals surface area contributed by atoms with E-state index in [2.05, 4.69) is 17.6 Å². The normalized spacial score (nSPS) is 11.8. The number of rotatable bonds is 9. The van der Waals surface area contributed by atoms with E-state index in [9.17, 15) is 9.59 Å². The summed E-state index contributed by atoms with van der Waals surface area (Å²) < 4.78 is 0. The number of unbranched alkanes of at least 4 members (excludes halogenated alkanes) is 1. The maximum absolute atomic E-state index is 13.1. The summed E-state index contributed by atoms with van der Waals surface area (Å²) in [7, 11) is 1.56. The van der Waals surface area contributed by atoms with Crippen molar-refractivity contribution in [3.8, 4) is 0 Å². The molecule has 0 radical (unpaired) electrons. The lowest BCUT2D eigenvalue weighted by molar-refractivity contribution is -0.134. The molecule has 2 aromatic rings. The number of nitrogens with one attached hydrogen (secondary N) is 2. The summed E-state index contributed by atoms with van der Waals surface area (Å²) >= 11 is 3.28. The van der Waals surface area contributed by atoms with Crippen molar-refractivity contribution in [3.63, 3.8) is 0 Å². The lowest BCUT2D eigenvalue weighted by atomic mass is 10.1. The molecule has 0 saturated heterocycles. The number of urea groups is 1. The van der Waals surface area contributed by atoms with Crippen molar-refractivity contribution >= 4 is 34.6 Å². The zero-order chi connectivity index (χ0) is 18.1. The standard InChI is InChI=1S/C18H25N3O2S2/c1-3-4-9-16(20-18(23)19-2)17(22)21(12-14-7-5-10-24-14)13-15-8-6-11-25-15/h5-8,10-11,16H,3-4,9,12-13H2,1-2H3,(H2,19,20,23). The van der Waals surface area contributed by atoms with Gasteiger partial charge >= 0.3 is 6.03 Å². The topological polar surface area (TPSA) is 61.4 Å². The van der Waals surface area contributed by atoms with E-state index in [0.717, 1.165) is 22.6 Å². The lowest BCUT2D eigenvalue weighted by Crippen LogP contribution is -2.50. The number of amides is 3. The van der Waals surface area contributed by atoms with Crippen LogP contribution in [0.2, 0.25) is 0 Å². The van der Waals surface area contributed by atoms with E-state index >= 15 is 0 Å². The molecule has 2 N–H and O–H groups in total. The van der Waals surface area contributed by atoms with Gasteiger partial charge in [-0.2, -0.15) is 0 Å². The largest absolute Gasteiger partial charge is 0.341 e. The molecule has 0 aliphatic carbocycles. The Morgan fingerprint density at radius 3 is 2.16 bits per heavy atom. The second kappa shape index (κ2) is 10.2. The van der Waals surface area contributed by atoms with Gasteiger partial charge in [-0.1, -0.05) is 31.9 Å². The molecule has 7 heteroatoms. The average Bonchev–Trinajstić information content (AvgIpc) is 3.31. The highest BCUT2D eigenvalue weighted by molar-refractivity contribution is 7.10. The first-order valence-electron chi connectivity index (χ1n) is 8.45. The van der Waals surface area contributed by atoms with E-state index in [1.165, 1.54) is 0 Å². The van der Waals surface area contributed by atoms with Crippen LogP contribution in [0.4, 0.5) is 4.79 Å². The molecule has 0 aliphatic heterocycles. The Morgan fingerprint density at radius 1 is 1.12 bits per heavy atom. The van der Waals surface area contributed by atoms with E-state index in [1.807, 2.05) is 39.9 Å². The summed E-state index contributed by atoms with van der Waals surface area (Å²) in [5.41, 5.74) is 0. The Morgan fingerprint density at radius 2 is 1.72 bits per heavy atom. The monoisotopic (exact) mass is 379 g/mol. The Labute approximate surface area is 157 Å². The zero-order valence-corrected chi connectivity index (χ0v) is 16.3. The van der Waals surface area contributed by atoms with Gasteiger partial charge < -0.3 is 15.5 Å². The molecule has 0 spiro atoms. The molecule has 0 aliphatic rings. The van der Waals surface area contributed by atoms with Gasteiger partial charge in [0.2, 0.25) is 5.91 Å². The van der Waals surface area contributed by atoms with E-state index in [-0.39, 0.29) is 11.9 Å². The van der Waals surface area contributed by atoms with Crippen LogP contribution < -0.4 is 10.6 Å². The quantitative estimate of drug-likeness (QED) is 0.696. The van der Waals surface area contributed by atoms with Gasteiger partial charge in [-0.3, -0.25) is 4.79 Å². The predicted molar refractivity (Wildman–Crippen MR) is 104 cm³/mol. The Kier molecular flexibility index (Phi) is 7.94. The molecular weight excluding hydrogens is 354 g/mol. The zero-order valence-electron chi connectivity index (χ0n) is 14.7. The van der Waals surface area contributed by atoms with Crippen LogP contribution in [0.25, 0.3) is 0 Å². The van der Waals surface area contributed by atoms with Crippen molar-refractivity contribution in [2.75, 3.05) is 7.05 Å². The number of thiophene rings is 2. The summed E-state index contributed by atoms with van der Waals surface area (Å²) in [5, 5.41) is 9.38. The molecule has 0 aromatic carbocycles. The molecule has 3 amide bonds. The molecule has 136 valence electrons. The van der Waals surface area contributed by atoms with Gasteiger partial charge in [-0.15, -0.1) is 22.7 Å². The summed E-state index contributed by atoms with van der Waals surface area (Å²) in [6.07, 6.45) is 2.52. The van der Waals surface area contributed by atoms with Crippen molar-refractivity contribution < 1.29 is 9.59 Å². The highest BCUT2D eigenvalue weighted by Crippen LogP contribution is 2.19. The molecule has 25 heavy (non-hydrogen) atoms. The summed E-state index contributed by atoms with van der Waals surface area (Å²) in [6.45, 7) is 3.20. The minimum absolute atomic E-state index is 0.0288. The number of hydrogen-bond donors (Lipinski definition) is 2. The molecule has 2 heterocycles. The predicted octanol–water partition coefficient (Wildman–Crippen LogP) is 3.83. The van der Waals surface area contributed by atoms with Gasteiger partial charge in [0.05, 0.1) is 13.1 Å². The molecular formula is C18H25N3O2S2. The van der Waals surface area contributed by atoms with E-state index in [4.69, 9.17) is 0 Å². The molecule has 5 nitrogen and oxygen atoms in total. The van der Waals surface area contributed by atoms with Crippen LogP contribution in [0.3, 0.4) is 0 Å². The fourth-order valence-electron chi connectivity index (χ4n) is 2.51. The van der Waals surface area contributed by atoms with Gasteiger partial charge in [0, 0.05) is 16.8 Å². The van der Waals surface area contributed by atoms with Gasteiger partial charge in [0.25, 0.3) is 0 Å². The van der Waals surface area contributed by atoms with Crippen LogP contribution in [0.5, 0.6) is 0 Å². The molecule has 2 aromatic heterocycles. The van der Waals surface area contributed by atoms with Crippen molar-refractivity contribution in [1.29, 1.82) is 0 Å². The van der Waals surface area contributed by atoms with Crippen LogP contribution in [0.1, 0.15) is 35.9 Å². The van der Waals surface area contributed by atoms with Crippen LogP contribution in [0, 0.1) is 0 Å². The van der Waals surface area contributed by atoms with Crippen LogP contribution in [-0.4, -0.2) is 29.9 Å². The number of carbonyl (C=O) groups excluding carboxylic acids is 2. The van der Waals surface area contributed by atoms with Crippen LogP contribution in [0.15, 0.2) is 35.0 Å². The highest BCUT2D eigenvalue weighted by atomic mass is 32.1. The van der Waals surface area contributed by atoms with Crippen LogP contribution >= 0.6 is 22.7 Å². The van der Waals surface area contributed by atoms with Crippen molar-refractivity contribution in [2.45, 2.75) is 45.3 Å². The first-order valence-corrected chi connectivity index (χ1v) is 10.2. The maximum atomic E-state index is 13.1. The SMILES string of the molecule is CCCCC(NC(=O)NC)C(=O)N(Cc1cccs1)Cc1cccs1. The van der Waals surface area contributed by atoms with Crippen molar-refractivity contribution in [2.24, 2.45) is 0 Å². The van der Waals surface area contributed by atoms with E-state index < -0.39 is 6.04 Å². The van der Waals surface area contributed by atoms with E-state index in [1.54, 1.807) is 29.7 Å². The molecule has 2 rings (SSSR count). The third-order valence-corrected chi connectivity index (χ3v) is 5.56. The average molecular weight is 380 g/mol. The highest BCUT2D eigenvalue weighted by Gasteiger charge is 2.26. The minimum Gasteiger partial charge on any atom is -0.341 e. The second-order valence-electron chi connectivity index (χ2n) is 5.77. The molecule has 1 unspecified atom stereocenters. The van der Waals surface area contributed by atoms with E-state index in [0.29, 0.717) is 19.5 Å². The van der Waals surface area contributed by atoms with Crippen LogP contribution in [-0.2, 0) is 17.9 Å². The lowest BCUT2D eigenvalue weighted by Gasteiger charge is -2.27. The Hall–Kier alpha value is -1.86. The summed E-state index contributed by atoms with van der Waals surface area (Å²) in [5.74, 6) is -0.0288. The fraction of sp³-hybridized carbons (Fsp3) is 0.444. The molecule has 1 atom stereocenters. The fourth-order valence-corrected chi connectivity index (χ4v) is 3.95. The smallest absolute Gasteiger partial charge is 0.315 e. The third-order valence-electron chi connectivity index (χ3n) is 3.84. The molecule has 0 saturated carbocycles. The molecule has 0 fully saturated rings. The van der Waals surface area contributed by atoms with Crippen molar-refractivity contribution in [3.05, 3.63) is 44.8 Å². The number of hydrogen-bond acceptors (Lipinski definition) is 4. The first-order chi connectivity index (χ1) is 12.1. The van der Waals surface area contributed by atoms with Gasteiger partial charge in [-0.25, -0.2) is 4.79 Å². The third kappa shape index (κ3) is 6.17. The Bertz CT molecular complexity index is 605. The van der Waals surface area contributed by atoms with Gasteiger partial charge in [0.1, 0.15) is 6.04 Å². The van der Waals surface area contributed by atoms with Crippen molar-refractivity contribution in [1.82, 2.24) is 15.5 Å². The van der Waals surface area contributed by atoms with Gasteiger partial charge in [-0.05, 0) is 29.3 Å². The van der Waals surface area contributed by atoms with Gasteiger partial charge in [0.15, 0.2) is 0 Å². The Balaban J connectivity index is 2.15. The first kappa shape index (κ1) is 19.5. The molecule has 0 bridgehead atoms. The summed E-state index contributed by atoms with van der Waals surface area (Å²) in [6, 6.07) is 7.23. The number of nitrogens with zero attached hydrogens (tertiary/aromatic N) is 1. The number of carbonyl (C=O) groups is 2. The second-order valence-corrected chi connectivity index (χ2v) is 7.84. The minimum atomic E-state index is -0.500. The maximum Gasteiger partial charge on any atom is 0.315 e. The summed E-state index contributed by atoms with van der Waals surface area (Å²) in [4.78, 5) is 29.0.